The maximum absolute atomic E-state index is 13.3. The summed E-state index contributed by atoms with van der Waals surface area (Å²) in [5, 5.41) is 0. The minimum Gasteiger partial charge on any atom is -0.422 e. The Hall–Kier alpha value is -2.52. The van der Waals surface area contributed by atoms with E-state index in [4.69, 9.17) is 14.2 Å². The average molecular weight is 450 g/mol. The van der Waals surface area contributed by atoms with Crippen molar-refractivity contribution in [1.29, 1.82) is 0 Å². The molecule has 4 atom stereocenters. The fraction of sp³-hybridized carbons (Fsp3) is 0.368. The molecule has 1 aromatic carbocycles. The van der Waals surface area contributed by atoms with E-state index in [0.717, 1.165) is 18.7 Å². The van der Waals surface area contributed by atoms with E-state index in [-0.39, 0.29) is 0 Å². The Balaban J connectivity index is 1.77. The molecule has 8 nitrogen and oxygen atoms in total. The number of fused-ring (bicyclic) bond motifs is 5. The SMILES string of the molecule is CC(=O)OC(OC(C)=O)C12C=CC(O1)C1C(=O)N(c3ccccc3Br)C(=O)C12. The van der Waals surface area contributed by atoms with Crippen LogP contribution in [0.1, 0.15) is 13.8 Å². The lowest BCUT2D eigenvalue weighted by molar-refractivity contribution is -0.226. The van der Waals surface area contributed by atoms with Gasteiger partial charge in [-0.2, -0.15) is 0 Å². The Morgan fingerprint density at radius 1 is 1.14 bits per heavy atom. The molecule has 3 aliphatic rings. The van der Waals surface area contributed by atoms with Crippen molar-refractivity contribution in [2.75, 3.05) is 4.90 Å². The molecule has 28 heavy (non-hydrogen) atoms. The molecule has 146 valence electrons. The summed E-state index contributed by atoms with van der Waals surface area (Å²) in [6.45, 7) is 2.31. The predicted molar refractivity (Wildman–Crippen MR) is 97.7 cm³/mol. The highest BCUT2D eigenvalue weighted by Crippen LogP contribution is 2.55. The number of ether oxygens (including phenoxy) is 3. The van der Waals surface area contributed by atoms with Crippen LogP contribution < -0.4 is 4.90 Å². The molecule has 4 rings (SSSR count). The number of para-hydroxylation sites is 1. The molecule has 0 spiro atoms. The van der Waals surface area contributed by atoms with Crippen molar-refractivity contribution in [1.82, 2.24) is 0 Å². The Kier molecular flexibility index (Phi) is 4.39. The monoisotopic (exact) mass is 449 g/mol. The molecule has 0 aliphatic carbocycles. The minimum atomic E-state index is -1.55. The largest absolute Gasteiger partial charge is 0.422 e. The van der Waals surface area contributed by atoms with E-state index in [1.807, 2.05) is 0 Å². The van der Waals surface area contributed by atoms with E-state index in [1.165, 1.54) is 0 Å². The van der Waals surface area contributed by atoms with Gasteiger partial charge in [-0.1, -0.05) is 18.2 Å². The van der Waals surface area contributed by atoms with Crippen molar-refractivity contribution in [3.63, 3.8) is 0 Å². The van der Waals surface area contributed by atoms with Gasteiger partial charge in [-0.3, -0.25) is 19.2 Å². The third-order valence-electron chi connectivity index (χ3n) is 5.09. The van der Waals surface area contributed by atoms with E-state index in [2.05, 4.69) is 15.9 Å². The van der Waals surface area contributed by atoms with Crippen molar-refractivity contribution in [2.24, 2.45) is 11.8 Å². The van der Waals surface area contributed by atoms with Crippen molar-refractivity contribution in [3.8, 4) is 0 Å². The fourth-order valence-corrected chi connectivity index (χ4v) is 4.55. The molecule has 9 heteroatoms. The van der Waals surface area contributed by atoms with E-state index >= 15 is 0 Å². The van der Waals surface area contributed by atoms with Crippen LogP contribution in [0.2, 0.25) is 0 Å². The highest BCUT2D eigenvalue weighted by Gasteiger charge is 2.72. The Morgan fingerprint density at radius 3 is 2.39 bits per heavy atom. The molecule has 2 fully saturated rings. The highest BCUT2D eigenvalue weighted by atomic mass is 79.9. The standard InChI is InChI=1S/C19H16BrNO7/c1-9(22)26-18(27-10(2)23)19-8-7-13(28-19)14-15(19)17(25)21(16(14)24)12-6-4-3-5-11(12)20/h3-8,13-15,18H,1-2H3. The second kappa shape index (κ2) is 6.52. The Labute approximate surface area is 168 Å². The van der Waals surface area contributed by atoms with Crippen LogP contribution >= 0.6 is 15.9 Å². The number of halogens is 1. The molecule has 4 unspecified atom stereocenters. The summed E-state index contributed by atoms with van der Waals surface area (Å²) in [5.74, 6) is -4.10. The number of imide groups is 1. The van der Waals surface area contributed by atoms with E-state index in [1.54, 1.807) is 36.4 Å². The second-order valence-electron chi connectivity index (χ2n) is 6.81. The van der Waals surface area contributed by atoms with E-state index < -0.39 is 53.6 Å². The first kappa shape index (κ1) is 18.8. The molecule has 3 aliphatic heterocycles. The Morgan fingerprint density at radius 2 is 1.79 bits per heavy atom. The van der Waals surface area contributed by atoms with Gasteiger partial charge in [0.15, 0.2) is 5.60 Å². The van der Waals surface area contributed by atoms with Crippen molar-refractivity contribution in [2.45, 2.75) is 31.8 Å². The zero-order valence-corrected chi connectivity index (χ0v) is 16.5. The normalized spacial score (nSPS) is 30.1. The average Bonchev–Trinajstić information content (AvgIpc) is 3.26. The quantitative estimate of drug-likeness (QED) is 0.298. The van der Waals surface area contributed by atoms with Crippen molar-refractivity contribution in [3.05, 3.63) is 40.9 Å². The summed E-state index contributed by atoms with van der Waals surface area (Å²) >= 11 is 3.36. The Bertz CT molecular complexity index is 913. The molecule has 3 heterocycles. The van der Waals surface area contributed by atoms with Crippen LogP contribution in [-0.2, 0) is 33.4 Å². The van der Waals surface area contributed by atoms with E-state index in [0.29, 0.717) is 10.2 Å². The molecule has 2 bridgehead atoms. The number of nitrogens with zero attached hydrogens (tertiary/aromatic N) is 1. The molecule has 1 aromatic rings. The number of benzene rings is 1. The molecule has 0 aromatic heterocycles. The molecular formula is C19H16BrNO7. The lowest BCUT2D eigenvalue weighted by atomic mass is 9.76. The van der Waals surface area contributed by atoms with Crippen LogP contribution in [-0.4, -0.2) is 41.7 Å². The van der Waals surface area contributed by atoms with Crippen LogP contribution in [0.4, 0.5) is 5.69 Å². The maximum atomic E-state index is 13.3. The van der Waals surface area contributed by atoms with Crippen LogP contribution in [0.3, 0.4) is 0 Å². The zero-order valence-electron chi connectivity index (χ0n) is 15.0. The van der Waals surface area contributed by atoms with Gasteiger partial charge in [0.25, 0.3) is 6.29 Å². The smallest absolute Gasteiger partial charge is 0.305 e. The number of hydrogen-bond acceptors (Lipinski definition) is 7. The van der Waals surface area contributed by atoms with Crippen LogP contribution in [0.15, 0.2) is 40.9 Å². The van der Waals surface area contributed by atoms with Gasteiger partial charge in [-0.15, -0.1) is 0 Å². The highest BCUT2D eigenvalue weighted by molar-refractivity contribution is 9.10. The topological polar surface area (TPSA) is 99.2 Å². The molecule has 0 N–H and O–H groups in total. The molecule has 0 radical (unpaired) electrons. The van der Waals surface area contributed by atoms with Crippen LogP contribution in [0.5, 0.6) is 0 Å². The van der Waals surface area contributed by atoms with Gasteiger partial charge in [0, 0.05) is 18.3 Å². The maximum Gasteiger partial charge on any atom is 0.305 e. The first-order valence-electron chi connectivity index (χ1n) is 8.60. The third kappa shape index (κ3) is 2.61. The molecule has 2 amide bonds. The number of esters is 2. The van der Waals surface area contributed by atoms with Gasteiger partial charge < -0.3 is 14.2 Å². The summed E-state index contributed by atoms with van der Waals surface area (Å²) in [6.07, 6.45) is 1.03. The number of carbonyl (C=O) groups excluding carboxylic acids is 4. The minimum absolute atomic E-state index is 0.414. The lowest BCUT2D eigenvalue weighted by Crippen LogP contribution is -2.52. The van der Waals surface area contributed by atoms with Gasteiger partial charge in [-0.25, -0.2) is 4.90 Å². The van der Waals surface area contributed by atoms with Gasteiger partial charge in [0.2, 0.25) is 11.8 Å². The summed E-state index contributed by atoms with van der Waals surface area (Å²) in [5.41, 5.74) is -1.13. The van der Waals surface area contributed by atoms with Crippen molar-refractivity contribution < 1.29 is 33.4 Å². The first-order valence-corrected chi connectivity index (χ1v) is 9.39. The van der Waals surface area contributed by atoms with Gasteiger partial charge >= 0.3 is 11.9 Å². The zero-order chi connectivity index (χ0) is 20.2. The van der Waals surface area contributed by atoms with Crippen molar-refractivity contribution >= 4 is 45.4 Å². The summed E-state index contributed by atoms with van der Waals surface area (Å²) in [7, 11) is 0. The molecule has 0 saturated carbocycles. The summed E-state index contributed by atoms with van der Waals surface area (Å²) in [6, 6.07) is 6.87. The number of anilines is 1. The number of hydrogen-bond donors (Lipinski definition) is 0. The number of amides is 2. The van der Waals surface area contributed by atoms with Gasteiger partial charge in [-0.05, 0) is 34.1 Å². The molecular weight excluding hydrogens is 434 g/mol. The molecule has 2 saturated heterocycles. The lowest BCUT2D eigenvalue weighted by Gasteiger charge is -2.34. The third-order valence-corrected chi connectivity index (χ3v) is 5.76. The summed E-state index contributed by atoms with van der Waals surface area (Å²) < 4.78 is 16.8. The van der Waals surface area contributed by atoms with Gasteiger partial charge in [0.05, 0.1) is 23.6 Å². The van der Waals surface area contributed by atoms with Crippen LogP contribution in [0, 0.1) is 11.8 Å². The van der Waals surface area contributed by atoms with E-state index in [9.17, 15) is 19.2 Å². The fourth-order valence-electron chi connectivity index (χ4n) is 4.09. The number of carbonyl (C=O) groups is 4. The van der Waals surface area contributed by atoms with Gasteiger partial charge in [0.1, 0.15) is 0 Å². The summed E-state index contributed by atoms with van der Waals surface area (Å²) in [4.78, 5) is 50.7. The predicted octanol–water partition coefficient (Wildman–Crippen LogP) is 1.71. The first-order chi connectivity index (χ1) is 13.3. The second-order valence-corrected chi connectivity index (χ2v) is 7.67. The number of rotatable bonds is 4. The van der Waals surface area contributed by atoms with Crippen LogP contribution in [0.25, 0.3) is 0 Å².